The van der Waals surface area contributed by atoms with Gasteiger partial charge in [0.25, 0.3) is 0 Å². The van der Waals surface area contributed by atoms with Crippen LogP contribution in [-0.2, 0) is 11.0 Å². The Labute approximate surface area is 102 Å². The van der Waals surface area contributed by atoms with Crippen molar-refractivity contribution in [3.05, 3.63) is 29.3 Å². The smallest absolute Gasteiger partial charge is 0.387 e. The second-order valence-corrected chi connectivity index (χ2v) is 3.70. The Bertz CT molecular complexity index is 446. The minimum atomic E-state index is -4.62. The number of alkyl halides is 3. The summed E-state index contributed by atoms with van der Waals surface area (Å²) in [7, 11) is 0. The van der Waals surface area contributed by atoms with Crippen molar-refractivity contribution >= 4 is 11.6 Å². The number of anilines is 1. The largest absolute Gasteiger partial charge is 0.418 e. The molecule has 0 saturated carbocycles. The van der Waals surface area contributed by atoms with Crippen LogP contribution in [0, 0.1) is 0 Å². The number of halogens is 3. The Hall–Kier alpha value is -1.60. The van der Waals surface area contributed by atoms with E-state index >= 15 is 0 Å². The number of nitrogens with two attached hydrogens (primary N) is 1. The number of carbonyl (C=O) groups is 1. The molecule has 0 spiro atoms. The van der Waals surface area contributed by atoms with E-state index in [0.717, 1.165) is 19.1 Å². The molecule has 1 aromatic carbocycles. The van der Waals surface area contributed by atoms with Gasteiger partial charge < -0.3 is 16.2 Å². The van der Waals surface area contributed by atoms with Crippen molar-refractivity contribution in [2.45, 2.75) is 19.2 Å². The number of amides is 1. The van der Waals surface area contributed by atoms with Crippen LogP contribution in [0.5, 0.6) is 0 Å². The predicted octanol–water partition coefficient (Wildman–Crippen LogP) is 1.66. The molecule has 1 amide bonds. The van der Waals surface area contributed by atoms with Crippen LogP contribution in [0.2, 0.25) is 0 Å². The van der Waals surface area contributed by atoms with Crippen LogP contribution in [-0.4, -0.2) is 17.6 Å². The molecule has 0 bridgehead atoms. The van der Waals surface area contributed by atoms with Crippen LogP contribution in [0.3, 0.4) is 0 Å². The van der Waals surface area contributed by atoms with Crippen LogP contribution < -0.4 is 11.1 Å². The Kier molecular flexibility index (Phi) is 4.31. The standard InChI is InChI=1S/C11H13F3N2O2/c1-6(17)16-10-7(9(18)5-15)3-2-4-8(10)11(12,13)14/h2-4,9,18H,5,15H2,1H3,(H,16,17). The summed E-state index contributed by atoms with van der Waals surface area (Å²) in [6.45, 7) is 0.847. The van der Waals surface area contributed by atoms with Crippen molar-refractivity contribution < 1.29 is 23.1 Å². The second-order valence-electron chi connectivity index (χ2n) is 3.70. The number of aliphatic hydroxyl groups is 1. The summed E-state index contributed by atoms with van der Waals surface area (Å²) in [5.41, 5.74) is 3.71. The second kappa shape index (κ2) is 5.36. The molecule has 1 atom stereocenters. The number of hydrogen-bond acceptors (Lipinski definition) is 3. The monoisotopic (exact) mass is 262 g/mol. The molecule has 0 saturated heterocycles. The maximum Gasteiger partial charge on any atom is 0.418 e. The van der Waals surface area contributed by atoms with Gasteiger partial charge in [0.1, 0.15) is 0 Å². The summed E-state index contributed by atoms with van der Waals surface area (Å²) >= 11 is 0. The molecule has 1 aromatic rings. The minimum Gasteiger partial charge on any atom is -0.387 e. The fraction of sp³-hybridized carbons (Fsp3) is 0.364. The molecule has 0 radical (unpaired) electrons. The van der Waals surface area contributed by atoms with E-state index in [2.05, 4.69) is 5.32 Å². The molecule has 100 valence electrons. The van der Waals surface area contributed by atoms with Gasteiger partial charge in [0, 0.05) is 19.0 Å². The Morgan fingerprint density at radius 1 is 1.50 bits per heavy atom. The van der Waals surface area contributed by atoms with Crippen LogP contribution in [0.25, 0.3) is 0 Å². The molecule has 1 rings (SSSR count). The average molecular weight is 262 g/mol. The molecule has 7 heteroatoms. The predicted molar refractivity (Wildman–Crippen MR) is 59.8 cm³/mol. The first-order valence-electron chi connectivity index (χ1n) is 5.13. The molecule has 0 aliphatic heterocycles. The van der Waals surface area contributed by atoms with E-state index in [0.29, 0.717) is 0 Å². The number of rotatable bonds is 3. The van der Waals surface area contributed by atoms with E-state index in [1.165, 1.54) is 6.07 Å². The van der Waals surface area contributed by atoms with Gasteiger partial charge in [-0.25, -0.2) is 0 Å². The van der Waals surface area contributed by atoms with Gasteiger partial charge in [-0.05, 0) is 6.07 Å². The molecule has 18 heavy (non-hydrogen) atoms. The Balaban J connectivity index is 3.39. The lowest BCUT2D eigenvalue weighted by Gasteiger charge is -2.19. The van der Waals surface area contributed by atoms with E-state index in [4.69, 9.17) is 5.73 Å². The zero-order valence-corrected chi connectivity index (χ0v) is 9.58. The number of nitrogens with one attached hydrogen (secondary N) is 1. The lowest BCUT2D eigenvalue weighted by atomic mass is 10.0. The van der Waals surface area contributed by atoms with Crippen molar-refractivity contribution in [2.75, 3.05) is 11.9 Å². The van der Waals surface area contributed by atoms with Gasteiger partial charge in [-0.3, -0.25) is 4.79 Å². The maximum atomic E-state index is 12.8. The lowest BCUT2D eigenvalue weighted by Crippen LogP contribution is -2.19. The third-order valence-corrected chi connectivity index (χ3v) is 2.29. The van der Waals surface area contributed by atoms with Crippen molar-refractivity contribution in [3.8, 4) is 0 Å². The average Bonchev–Trinajstić information content (AvgIpc) is 2.26. The number of benzene rings is 1. The van der Waals surface area contributed by atoms with E-state index < -0.39 is 29.4 Å². The zero-order chi connectivity index (χ0) is 13.9. The fourth-order valence-corrected chi connectivity index (χ4v) is 1.53. The molecular weight excluding hydrogens is 249 g/mol. The molecule has 1 unspecified atom stereocenters. The van der Waals surface area contributed by atoms with Crippen LogP contribution in [0.15, 0.2) is 18.2 Å². The molecule has 0 heterocycles. The lowest BCUT2D eigenvalue weighted by molar-refractivity contribution is -0.137. The van der Waals surface area contributed by atoms with Gasteiger partial charge in [0.2, 0.25) is 5.91 Å². The normalized spacial score (nSPS) is 13.2. The van der Waals surface area contributed by atoms with Crippen molar-refractivity contribution in [3.63, 3.8) is 0 Å². The quantitative estimate of drug-likeness (QED) is 0.775. The van der Waals surface area contributed by atoms with Gasteiger partial charge in [-0.15, -0.1) is 0 Å². The van der Waals surface area contributed by atoms with E-state index in [-0.39, 0.29) is 12.1 Å². The van der Waals surface area contributed by atoms with E-state index in [9.17, 15) is 23.1 Å². The molecule has 0 fully saturated rings. The van der Waals surface area contributed by atoms with Crippen molar-refractivity contribution in [1.82, 2.24) is 0 Å². The first kappa shape index (κ1) is 14.5. The van der Waals surface area contributed by atoms with Gasteiger partial charge in [-0.1, -0.05) is 12.1 Å². The molecule has 4 N–H and O–H groups in total. The van der Waals surface area contributed by atoms with Crippen LogP contribution >= 0.6 is 0 Å². The van der Waals surface area contributed by atoms with E-state index in [1.54, 1.807) is 0 Å². The highest BCUT2D eigenvalue weighted by Gasteiger charge is 2.35. The Morgan fingerprint density at radius 2 is 2.11 bits per heavy atom. The fourth-order valence-electron chi connectivity index (χ4n) is 1.53. The summed E-state index contributed by atoms with van der Waals surface area (Å²) < 4.78 is 38.3. The van der Waals surface area contributed by atoms with Gasteiger partial charge in [-0.2, -0.15) is 13.2 Å². The third-order valence-electron chi connectivity index (χ3n) is 2.29. The van der Waals surface area contributed by atoms with Crippen LogP contribution in [0.4, 0.5) is 18.9 Å². The summed E-state index contributed by atoms with van der Waals surface area (Å²) in [4.78, 5) is 11.0. The topological polar surface area (TPSA) is 75.3 Å². The van der Waals surface area contributed by atoms with Crippen molar-refractivity contribution in [1.29, 1.82) is 0 Å². The molecule has 0 aliphatic rings. The first-order chi connectivity index (χ1) is 8.27. The number of aliphatic hydroxyl groups excluding tert-OH is 1. The first-order valence-corrected chi connectivity index (χ1v) is 5.13. The highest BCUT2D eigenvalue weighted by atomic mass is 19.4. The molecule has 0 aromatic heterocycles. The minimum absolute atomic E-state index is 0.0532. The summed E-state index contributed by atoms with van der Waals surface area (Å²) in [5, 5.41) is 11.7. The number of para-hydroxylation sites is 1. The van der Waals surface area contributed by atoms with Gasteiger partial charge >= 0.3 is 6.18 Å². The van der Waals surface area contributed by atoms with Gasteiger partial charge in [0.15, 0.2) is 0 Å². The SMILES string of the molecule is CC(=O)Nc1c(C(O)CN)cccc1C(F)(F)F. The van der Waals surface area contributed by atoms with Crippen LogP contribution in [0.1, 0.15) is 24.2 Å². The third kappa shape index (κ3) is 3.21. The summed E-state index contributed by atoms with van der Waals surface area (Å²) in [6.07, 6.45) is -5.89. The Morgan fingerprint density at radius 3 is 2.56 bits per heavy atom. The van der Waals surface area contributed by atoms with Gasteiger partial charge in [0.05, 0.1) is 17.4 Å². The van der Waals surface area contributed by atoms with Crippen molar-refractivity contribution in [2.24, 2.45) is 5.73 Å². The molecule has 4 nitrogen and oxygen atoms in total. The zero-order valence-electron chi connectivity index (χ0n) is 9.58. The molecular formula is C11H13F3N2O2. The summed E-state index contributed by atoms with van der Waals surface area (Å²) in [6, 6.07) is 3.28. The molecule has 0 aliphatic carbocycles. The maximum absolute atomic E-state index is 12.8. The van der Waals surface area contributed by atoms with E-state index in [1.807, 2.05) is 0 Å². The number of carbonyl (C=O) groups excluding carboxylic acids is 1. The highest BCUT2D eigenvalue weighted by Crippen LogP contribution is 2.38. The summed E-state index contributed by atoms with van der Waals surface area (Å²) in [5.74, 6) is -0.655. The highest BCUT2D eigenvalue weighted by molar-refractivity contribution is 5.90. The number of hydrogen-bond donors (Lipinski definition) is 3.